The summed E-state index contributed by atoms with van der Waals surface area (Å²) in [5, 5.41) is 17.4. The van der Waals surface area contributed by atoms with Gasteiger partial charge in [-0.3, -0.25) is 4.79 Å². The Morgan fingerprint density at radius 2 is 1.90 bits per heavy atom. The van der Waals surface area contributed by atoms with Crippen molar-refractivity contribution in [2.24, 2.45) is 0 Å². The fourth-order valence-corrected chi connectivity index (χ4v) is 2.06. The van der Waals surface area contributed by atoms with Crippen LogP contribution in [0.5, 0.6) is 17.2 Å². The standard InChI is InChI=1S/C15H21NO4/c1-4-5-11(16)9-12(17)8-10-6-7-13(18)15(20-3)14(10)19-2/h6-7,16,18H,4-5,8-9H2,1-3H3. The maximum absolute atomic E-state index is 12.0. The van der Waals surface area contributed by atoms with Crippen molar-refractivity contribution in [1.29, 1.82) is 5.41 Å². The number of hydrogen-bond acceptors (Lipinski definition) is 5. The number of carbonyl (C=O) groups excluding carboxylic acids is 1. The van der Waals surface area contributed by atoms with Crippen molar-refractivity contribution >= 4 is 11.5 Å². The molecule has 0 heterocycles. The number of phenols is 1. The van der Waals surface area contributed by atoms with Gasteiger partial charge in [0, 0.05) is 24.1 Å². The Morgan fingerprint density at radius 3 is 2.45 bits per heavy atom. The first kappa shape index (κ1) is 16.0. The van der Waals surface area contributed by atoms with Gasteiger partial charge in [0.1, 0.15) is 5.78 Å². The van der Waals surface area contributed by atoms with Gasteiger partial charge in [0.05, 0.1) is 14.2 Å². The molecule has 1 rings (SSSR count). The fraction of sp³-hybridized carbons (Fsp3) is 0.467. The van der Waals surface area contributed by atoms with Crippen LogP contribution in [0.25, 0.3) is 0 Å². The van der Waals surface area contributed by atoms with E-state index in [1.54, 1.807) is 6.07 Å². The minimum atomic E-state index is -0.0468. The molecule has 0 atom stereocenters. The molecule has 0 spiro atoms. The summed E-state index contributed by atoms with van der Waals surface area (Å²) in [5.74, 6) is 0.512. The molecule has 0 saturated heterocycles. The highest BCUT2D eigenvalue weighted by molar-refractivity contribution is 6.01. The second-order valence-electron chi connectivity index (χ2n) is 4.56. The number of Topliss-reactive ketones (excluding diaryl/α,β-unsaturated/α-hetero) is 1. The van der Waals surface area contributed by atoms with Crippen LogP contribution in [0.4, 0.5) is 0 Å². The number of hydrogen-bond donors (Lipinski definition) is 2. The van der Waals surface area contributed by atoms with Crippen molar-refractivity contribution in [1.82, 2.24) is 0 Å². The van der Waals surface area contributed by atoms with Crippen LogP contribution < -0.4 is 9.47 Å². The largest absolute Gasteiger partial charge is 0.504 e. The SMILES string of the molecule is CCCC(=N)CC(=O)Cc1ccc(O)c(OC)c1OC. The molecule has 5 heteroatoms. The number of ether oxygens (including phenoxy) is 2. The molecule has 0 aliphatic carbocycles. The third-order valence-electron chi connectivity index (χ3n) is 2.93. The summed E-state index contributed by atoms with van der Waals surface area (Å²) < 4.78 is 10.3. The lowest BCUT2D eigenvalue weighted by Crippen LogP contribution is -2.10. The first-order chi connectivity index (χ1) is 9.53. The summed E-state index contributed by atoms with van der Waals surface area (Å²) in [4.78, 5) is 12.0. The van der Waals surface area contributed by atoms with Crippen molar-refractivity contribution in [2.75, 3.05) is 14.2 Å². The number of nitrogens with one attached hydrogen (secondary N) is 1. The van der Waals surface area contributed by atoms with E-state index in [4.69, 9.17) is 14.9 Å². The summed E-state index contributed by atoms with van der Waals surface area (Å²) in [6.07, 6.45) is 1.82. The predicted molar refractivity (Wildman–Crippen MR) is 77.2 cm³/mol. The molecule has 0 unspecified atom stereocenters. The summed E-state index contributed by atoms with van der Waals surface area (Å²) in [7, 11) is 2.89. The van der Waals surface area contributed by atoms with Crippen LogP contribution in [0.1, 0.15) is 31.7 Å². The molecule has 0 bridgehead atoms. The van der Waals surface area contributed by atoms with E-state index < -0.39 is 0 Å². The first-order valence-electron chi connectivity index (χ1n) is 6.54. The van der Waals surface area contributed by atoms with Crippen LogP contribution in [0.3, 0.4) is 0 Å². The molecule has 0 aliphatic heterocycles. The number of phenolic OH excluding ortho intramolecular Hbond substituents is 1. The molecule has 2 N–H and O–H groups in total. The number of benzene rings is 1. The Morgan fingerprint density at radius 1 is 1.25 bits per heavy atom. The summed E-state index contributed by atoms with van der Waals surface area (Å²) in [6, 6.07) is 3.11. The topological polar surface area (TPSA) is 79.6 Å². The molecular formula is C15H21NO4. The molecule has 0 fully saturated rings. The second kappa shape index (κ2) is 7.53. The fourth-order valence-electron chi connectivity index (χ4n) is 2.06. The van der Waals surface area contributed by atoms with Crippen molar-refractivity contribution in [3.8, 4) is 17.2 Å². The molecule has 110 valence electrons. The summed E-state index contributed by atoms with van der Waals surface area (Å²) in [5.41, 5.74) is 1.10. The number of ketones is 1. The van der Waals surface area contributed by atoms with Gasteiger partial charge in [0.15, 0.2) is 11.5 Å². The Bertz CT molecular complexity index is 497. The van der Waals surface area contributed by atoms with E-state index in [1.165, 1.54) is 20.3 Å². The first-order valence-corrected chi connectivity index (χ1v) is 6.54. The van der Waals surface area contributed by atoms with E-state index in [2.05, 4.69) is 0 Å². The third-order valence-corrected chi connectivity index (χ3v) is 2.93. The smallest absolute Gasteiger partial charge is 0.203 e. The molecule has 1 aromatic rings. The van der Waals surface area contributed by atoms with E-state index in [-0.39, 0.29) is 30.1 Å². The van der Waals surface area contributed by atoms with E-state index in [9.17, 15) is 9.90 Å². The lowest BCUT2D eigenvalue weighted by Gasteiger charge is -2.13. The normalized spacial score (nSPS) is 10.2. The van der Waals surface area contributed by atoms with Gasteiger partial charge < -0.3 is 20.0 Å². The van der Waals surface area contributed by atoms with Crippen molar-refractivity contribution in [2.45, 2.75) is 32.6 Å². The zero-order valence-electron chi connectivity index (χ0n) is 12.2. The van der Waals surface area contributed by atoms with Crippen molar-refractivity contribution < 1.29 is 19.4 Å². The minimum absolute atomic E-state index is 0.0284. The number of aromatic hydroxyl groups is 1. The van der Waals surface area contributed by atoms with Gasteiger partial charge in [-0.25, -0.2) is 0 Å². The van der Waals surface area contributed by atoms with Gasteiger partial charge >= 0.3 is 0 Å². The van der Waals surface area contributed by atoms with Gasteiger partial charge in [0.25, 0.3) is 0 Å². The van der Waals surface area contributed by atoms with Crippen molar-refractivity contribution in [3.63, 3.8) is 0 Å². The van der Waals surface area contributed by atoms with Crippen molar-refractivity contribution in [3.05, 3.63) is 17.7 Å². The Kier molecular flexibility index (Phi) is 6.03. The highest BCUT2D eigenvalue weighted by Crippen LogP contribution is 2.39. The zero-order valence-corrected chi connectivity index (χ0v) is 12.2. The molecular weight excluding hydrogens is 258 g/mol. The van der Waals surface area contributed by atoms with Crippen LogP contribution in [0.15, 0.2) is 12.1 Å². The Hall–Kier alpha value is -2.04. The molecule has 0 aliphatic rings. The van der Waals surface area contributed by atoms with Crippen LogP contribution in [-0.4, -0.2) is 30.8 Å². The maximum atomic E-state index is 12.0. The molecule has 1 aromatic carbocycles. The zero-order chi connectivity index (χ0) is 15.1. The van der Waals surface area contributed by atoms with Gasteiger partial charge in [-0.1, -0.05) is 19.4 Å². The highest BCUT2D eigenvalue weighted by atomic mass is 16.5. The van der Waals surface area contributed by atoms with Gasteiger partial charge in [0.2, 0.25) is 5.75 Å². The third kappa shape index (κ3) is 3.98. The van der Waals surface area contributed by atoms with Crippen LogP contribution >= 0.6 is 0 Å². The Balaban J connectivity index is 2.87. The molecule has 20 heavy (non-hydrogen) atoms. The number of methoxy groups -OCH3 is 2. The lowest BCUT2D eigenvalue weighted by molar-refractivity contribution is -0.117. The maximum Gasteiger partial charge on any atom is 0.203 e. The summed E-state index contributed by atoms with van der Waals surface area (Å²) in [6.45, 7) is 1.98. The highest BCUT2D eigenvalue weighted by Gasteiger charge is 2.17. The second-order valence-corrected chi connectivity index (χ2v) is 4.56. The predicted octanol–water partition coefficient (Wildman–Crippen LogP) is 2.73. The van der Waals surface area contributed by atoms with E-state index >= 15 is 0 Å². The van der Waals surface area contributed by atoms with Gasteiger partial charge in [-0.2, -0.15) is 0 Å². The quantitative estimate of drug-likeness (QED) is 0.717. The lowest BCUT2D eigenvalue weighted by atomic mass is 10.0. The van der Waals surface area contributed by atoms with E-state index in [0.29, 0.717) is 23.4 Å². The molecule has 0 aromatic heterocycles. The Labute approximate surface area is 119 Å². The molecule has 0 amide bonds. The molecule has 5 nitrogen and oxygen atoms in total. The molecule has 0 saturated carbocycles. The molecule has 0 radical (unpaired) electrons. The van der Waals surface area contributed by atoms with E-state index in [1.807, 2.05) is 6.92 Å². The van der Waals surface area contributed by atoms with Crippen LogP contribution in [0.2, 0.25) is 0 Å². The van der Waals surface area contributed by atoms with Crippen LogP contribution in [0, 0.1) is 5.41 Å². The van der Waals surface area contributed by atoms with Crippen LogP contribution in [-0.2, 0) is 11.2 Å². The average molecular weight is 279 g/mol. The monoisotopic (exact) mass is 279 g/mol. The van der Waals surface area contributed by atoms with E-state index in [0.717, 1.165) is 6.42 Å². The summed E-state index contributed by atoms with van der Waals surface area (Å²) >= 11 is 0. The number of carbonyl (C=O) groups is 1. The van der Waals surface area contributed by atoms with Gasteiger partial charge in [-0.05, 0) is 12.5 Å². The van der Waals surface area contributed by atoms with Gasteiger partial charge in [-0.15, -0.1) is 0 Å². The number of rotatable bonds is 8. The minimum Gasteiger partial charge on any atom is -0.504 e. The average Bonchev–Trinajstić information content (AvgIpc) is 2.40.